The summed E-state index contributed by atoms with van der Waals surface area (Å²) in [6.07, 6.45) is 5.92. The Balaban J connectivity index is 1.93. The number of carbonyl (C=O) groups is 3. The van der Waals surface area contributed by atoms with Crippen LogP contribution in [0.4, 0.5) is 10.5 Å². The molecule has 0 aromatic heterocycles. The lowest BCUT2D eigenvalue weighted by atomic mass is 9.94. The van der Waals surface area contributed by atoms with E-state index in [9.17, 15) is 14.4 Å². The highest BCUT2D eigenvalue weighted by molar-refractivity contribution is 6.10. The first-order valence-corrected chi connectivity index (χ1v) is 9.48. The average molecular weight is 375 g/mol. The van der Waals surface area contributed by atoms with Crippen molar-refractivity contribution < 1.29 is 19.1 Å². The van der Waals surface area contributed by atoms with Crippen LogP contribution in [-0.4, -0.2) is 41.9 Å². The number of methoxy groups -OCH3 is 1. The van der Waals surface area contributed by atoms with Gasteiger partial charge >= 0.3 is 6.03 Å². The van der Waals surface area contributed by atoms with Crippen molar-refractivity contribution in [1.82, 2.24) is 10.2 Å². The highest BCUT2D eigenvalue weighted by Crippen LogP contribution is 2.25. The SMILES string of the molecule is CCCCCCC[C@@]1(C)NC(=O)N(CC(=O)Nc2ccccc2OC)C1=O. The van der Waals surface area contributed by atoms with E-state index >= 15 is 0 Å². The number of urea groups is 1. The van der Waals surface area contributed by atoms with Crippen LogP contribution in [0.2, 0.25) is 0 Å². The van der Waals surface area contributed by atoms with Crippen molar-refractivity contribution in [3.05, 3.63) is 24.3 Å². The molecule has 1 aliphatic rings. The highest BCUT2D eigenvalue weighted by Gasteiger charge is 2.47. The largest absolute Gasteiger partial charge is 0.495 e. The summed E-state index contributed by atoms with van der Waals surface area (Å²) in [5.74, 6) is -0.284. The van der Waals surface area contributed by atoms with Gasteiger partial charge < -0.3 is 15.4 Å². The van der Waals surface area contributed by atoms with Gasteiger partial charge in [0.2, 0.25) is 5.91 Å². The molecule has 4 amide bonds. The number of amides is 4. The molecule has 2 N–H and O–H groups in total. The summed E-state index contributed by atoms with van der Waals surface area (Å²) in [5, 5.41) is 5.43. The number of anilines is 1. The van der Waals surface area contributed by atoms with E-state index in [1.807, 2.05) is 0 Å². The van der Waals surface area contributed by atoms with Crippen LogP contribution in [0.15, 0.2) is 24.3 Å². The Kier molecular flexibility index (Phi) is 7.21. The second-order valence-corrected chi connectivity index (χ2v) is 7.07. The predicted molar refractivity (Wildman–Crippen MR) is 104 cm³/mol. The molecular weight excluding hydrogens is 346 g/mol. The van der Waals surface area contributed by atoms with Crippen molar-refractivity contribution in [3.63, 3.8) is 0 Å². The first-order valence-electron chi connectivity index (χ1n) is 9.48. The van der Waals surface area contributed by atoms with Gasteiger partial charge in [0.05, 0.1) is 12.8 Å². The van der Waals surface area contributed by atoms with Crippen LogP contribution >= 0.6 is 0 Å². The predicted octanol–water partition coefficient (Wildman–Crippen LogP) is 3.30. The van der Waals surface area contributed by atoms with E-state index in [1.165, 1.54) is 13.5 Å². The highest BCUT2D eigenvalue weighted by atomic mass is 16.5. The van der Waals surface area contributed by atoms with Crippen molar-refractivity contribution in [3.8, 4) is 5.75 Å². The Morgan fingerprint density at radius 1 is 1.19 bits per heavy atom. The maximum atomic E-state index is 12.7. The average Bonchev–Trinajstić information content (AvgIpc) is 2.85. The topological polar surface area (TPSA) is 87.7 Å². The molecule has 0 unspecified atom stereocenters. The number of hydrogen-bond acceptors (Lipinski definition) is 4. The van der Waals surface area contributed by atoms with Crippen molar-refractivity contribution in [2.45, 2.75) is 57.9 Å². The number of benzene rings is 1. The summed E-state index contributed by atoms with van der Waals surface area (Å²) in [5.41, 5.74) is -0.440. The standard InChI is InChI=1S/C20H29N3O4/c1-4-5-6-7-10-13-20(2)18(25)23(19(26)22-20)14-17(24)21-15-11-8-9-12-16(15)27-3/h8-9,11-12H,4-7,10,13-14H2,1-3H3,(H,21,24)(H,22,26)/t20-/m1/s1. The van der Waals surface area contributed by atoms with Gasteiger partial charge in [-0.15, -0.1) is 0 Å². The second-order valence-electron chi connectivity index (χ2n) is 7.07. The van der Waals surface area contributed by atoms with Crippen LogP contribution in [0, 0.1) is 0 Å². The molecule has 148 valence electrons. The number of unbranched alkanes of at least 4 members (excludes halogenated alkanes) is 4. The Bertz CT molecular complexity index is 692. The molecule has 0 spiro atoms. The van der Waals surface area contributed by atoms with Crippen molar-refractivity contribution >= 4 is 23.5 Å². The smallest absolute Gasteiger partial charge is 0.325 e. The molecule has 2 rings (SSSR count). The molecule has 1 atom stereocenters. The van der Waals surface area contributed by atoms with Gasteiger partial charge in [0.1, 0.15) is 17.8 Å². The molecule has 1 fully saturated rings. The van der Waals surface area contributed by atoms with Crippen LogP contribution in [0.5, 0.6) is 5.75 Å². The lowest BCUT2D eigenvalue weighted by molar-refractivity contribution is -0.133. The number of ether oxygens (including phenoxy) is 1. The number of nitrogens with zero attached hydrogens (tertiary/aromatic N) is 1. The first-order chi connectivity index (χ1) is 12.9. The minimum absolute atomic E-state index is 0.325. The maximum Gasteiger partial charge on any atom is 0.325 e. The van der Waals surface area contributed by atoms with Gasteiger partial charge in [0.15, 0.2) is 0 Å². The fourth-order valence-electron chi connectivity index (χ4n) is 3.22. The van der Waals surface area contributed by atoms with Crippen molar-refractivity contribution in [2.75, 3.05) is 19.0 Å². The van der Waals surface area contributed by atoms with Gasteiger partial charge in [-0.25, -0.2) is 4.79 Å². The summed E-state index contributed by atoms with van der Waals surface area (Å²) in [7, 11) is 1.51. The molecule has 0 radical (unpaired) electrons. The van der Waals surface area contributed by atoms with Crippen LogP contribution in [-0.2, 0) is 9.59 Å². The zero-order chi connectivity index (χ0) is 19.9. The third-order valence-corrected chi connectivity index (χ3v) is 4.81. The Morgan fingerprint density at radius 3 is 2.59 bits per heavy atom. The normalized spacial score (nSPS) is 19.1. The molecule has 1 saturated heterocycles. The van der Waals surface area contributed by atoms with E-state index in [1.54, 1.807) is 31.2 Å². The van der Waals surface area contributed by atoms with Gasteiger partial charge in [-0.05, 0) is 25.5 Å². The monoisotopic (exact) mass is 375 g/mol. The molecule has 1 heterocycles. The molecule has 0 aliphatic carbocycles. The third kappa shape index (κ3) is 5.21. The summed E-state index contributed by atoms with van der Waals surface area (Å²) < 4.78 is 5.19. The minimum Gasteiger partial charge on any atom is -0.495 e. The quantitative estimate of drug-likeness (QED) is 0.485. The van der Waals surface area contributed by atoms with E-state index in [4.69, 9.17) is 4.74 Å². The second kappa shape index (κ2) is 9.39. The Labute approximate surface area is 160 Å². The Hall–Kier alpha value is -2.57. The third-order valence-electron chi connectivity index (χ3n) is 4.81. The van der Waals surface area contributed by atoms with E-state index in [0.717, 1.165) is 30.6 Å². The van der Waals surface area contributed by atoms with E-state index < -0.39 is 17.5 Å². The first kappa shape index (κ1) is 20.7. The molecule has 0 bridgehead atoms. The van der Waals surface area contributed by atoms with Crippen molar-refractivity contribution in [1.29, 1.82) is 0 Å². The van der Waals surface area contributed by atoms with Gasteiger partial charge in [-0.3, -0.25) is 14.5 Å². The molecule has 7 nitrogen and oxygen atoms in total. The molecule has 1 aromatic rings. The fourth-order valence-corrected chi connectivity index (χ4v) is 3.22. The molecule has 1 aliphatic heterocycles. The van der Waals surface area contributed by atoms with E-state index in [2.05, 4.69) is 17.6 Å². The van der Waals surface area contributed by atoms with E-state index in [0.29, 0.717) is 17.9 Å². The van der Waals surface area contributed by atoms with Crippen LogP contribution in [0.1, 0.15) is 52.4 Å². The number of rotatable bonds is 10. The number of imide groups is 1. The summed E-state index contributed by atoms with van der Waals surface area (Å²) in [6.45, 7) is 3.55. The summed E-state index contributed by atoms with van der Waals surface area (Å²) in [6, 6.07) is 6.45. The zero-order valence-electron chi connectivity index (χ0n) is 16.3. The van der Waals surface area contributed by atoms with Gasteiger partial charge in [-0.2, -0.15) is 0 Å². The molecule has 1 aromatic carbocycles. The van der Waals surface area contributed by atoms with Gasteiger partial charge in [-0.1, -0.05) is 51.2 Å². The minimum atomic E-state index is -0.936. The van der Waals surface area contributed by atoms with Crippen molar-refractivity contribution in [2.24, 2.45) is 0 Å². The molecule has 27 heavy (non-hydrogen) atoms. The maximum absolute atomic E-state index is 12.7. The number of nitrogens with one attached hydrogen (secondary N) is 2. The lowest BCUT2D eigenvalue weighted by Gasteiger charge is -2.21. The fraction of sp³-hybridized carbons (Fsp3) is 0.550. The van der Waals surface area contributed by atoms with E-state index in [-0.39, 0.29) is 12.5 Å². The summed E-state index contributed by atoms with van der Waals surface area (Å²) >= 11 is 0. The van der Waals surface area contributed by atoms with Gasteiger partial charge in [0.25, 0.3) is 5.91 Å². The molecule has 7 heteroatoms. The molecular formula is C20H29N3O4. The summed E-state index contributed by atoms with van der Waals surface area (Å²) in [4.78, 5) is 38.3. The molecule has 0 saturated carbocycles. The number of carbonyl (C=O) groups excluding carboxylic acids is 3. The Morgan fingerprint density at radius 2 is 1.89 bits per heavy atom. The van der Waals surface area contributed by atoms with Gasteiger partial charge in [0, 0.05) is 0 Å². The van der Waals surface area contributed by atoms with Crippen LogP contribution in [0.25, 0.3) is 0 Å². The lowest BCUT2D eigenvalue weighted by Crippen LogP contribution is -2.44. The number of para-hydroxylation sites is 2. The number of hydrogen-bond donors (Lipinski definition) is 2. The van der Waals surface area contributed by atoms with Crippen LogP contribution < -0.4 is 15.4 Å². The zero-order valence-corrected chi connectivity index (χ0v) is 16.3. The van der Waals surface area contributed by atoms with Crippen LogP contribution in [0.3, 0.4) is 0 Å².